The molecular formula is C20H20N6O3. The van der Waals surface area contributed by atoms with Crippen LogP contribution in [0.25, 0.3) is 10.8 Å². The fourth-order valence-electron chi connectivity index (χ4n) is 3.66. The molecule has 2 N–H and O–H groups in total. The molecule has 9 nitrogen and oxygen atoms in total. The van der Waals surface area contributed by atoms with Crippen LogP contribution < -0.4 is 10.4 Å². The van der Waals surface area contributed by atoms with E-state index in [-0.39, 0.29) is 28.5 Å². The molecule has 2 heterocycles. The molecule has 1 aliphatic heterocycles. The summed E-state index contributed by atoms with van der Waals surface area (Å²) in [6.07, 6.45) is 0.738. The Kier molecular flexibility index (Phi) is 4.81. The van der Waals surface area contributed by atoms with Crippen molar-refractivity contribution < 1.29 is 9.66 Å². The number of nitro groups is 1. The van der Waals surface area contributed by atoms with Gasteiger partial charge < -0.3 is 9.64 Å². The van der Waals surface area contributed by atoms with Gasteiger partial charge in [-0.05, 0) is 17.5 Å². The van der Waals surface area contributed by atoms with E-state index in [1.165, 1.54) is 17.9 Å². The summed E-state index contributed by atoms with van der Waals surface area (Å²) >= 11 is 0. The number of ether oxygens (including phenoxy) is 1. The molecule has 9 heteroatoms. The number of hydrogen-bond donors (Lipinski definition) is 2. The SMILES string of the molecule is COCC(=N)n1nc(N2CCc3ccc([N+](=O)[O-])cc3C2)c2ccccc2c1=N. The molecule has 0 radical (unpaired) electrons. The van der Waals surface area contributed by atoms with E-state index < -0.39 is 0 Å². The average Bonchev–Trinajstić information content (AvgIpc) is 2.73. The fourth-order valence-corrected chi connectivity index (χ4v) is 3.66. The van der Waals surface area contributed by atoms with Gasteiger partial charge in [0.2, 0.25) is 0 Å². The van der Waals surface area contributed by atoms with Crippen LogP contribution in [0.1, 0.15) is 11.1 Å². The number of nitro benzene ring substituents is 1. The zero-order valence-electron chi connectivity index (χ0n) is 15.9. The molecule has 1 aliphatic rings. The van der Waals surface area contributed by atoms with Gasteiger partial charge in [0.25, 0.3) is 5.69 Å². The zero-order chi connectivity index (χ0) is 20.5. The number of aromatic nitrogens is 2. The highest BCUT2D eigenvalue weighted by Gasteiger charge is 2.23. The molecule has 0 unspecified atom stereocenters. The summed E-state index contributed by atoms with van der Waals surface area (Å²) in [5.41, 5.74) is 2.18. The summed E-state index contributed by atoms with van der Waals surface area (Å²) in [7, 11) is 1.50. The normalized spacial score (nSPS) is 13.3. The van der Waals surface area contributed by atoms with E-state index in [4.69, 9.17) is 15.6 Å². The quantitative estimate of drug-likeness (QED) is 0.306. The summed E-state index contributed by atoms with van der Waals surface area (Å²) in [6.45, 7) is 1.20. The molecule has 4 rings (SSSR count). The minimum absolute atomic E-state index is 0.0381. The van der Waals surface area contributed by atoms with Crippen LogP contribution in [0.3, 0.4) is 0 Å². The molecule has 0 atom stereocenters. The fraction of sp³-hybridized carbons (Fsp3) is 0.250. The minimum Gasteiger partial charge on any atom is -0.377 e. The van der Waals surface area contributed by atoms with Gasteiger partial charge in [0.15, 0.2) is 17.1 Å². The van der Waals surface area contributed by atoms with Gasteiger partial charge in [0.05, 0.1) is 4.92 Å². The van der Waals surface area contributed by atoms with E-state index in [0.717, 1.165) is 22.9 Å². The van der Waals surface area contributed by atoms with Gasteiger partial charge in [-0.15, -0.1) is 5.10 Å². The highest BCUT2D eigenvalue weighted by Crippen LogP contribution is 2.29. The first-order valence-electron chi connectivity index (χ1n) is 9.14. The van der Waals surface area contributed by atoms with E-state index >= 15 is 0 Å². The van der Waals surface area contributed by atoms with Crippen LogP contribution in [0.2, 0.25) is 0 Å². The number of nitrogens with zero attached hydrogens (tertiary/aromatic N) is 4. The predicted octanol–water partition coefficient (Wildman–Crippen LogP) is 2.46. The lowest BCUT2D eigenvalue weighted by molar-refractivity contribution is -0.384. The second kappa shape index (κ2) is 7.44. The molecule has 1 aromatic heterocycles. The molecular weight excluding hydrogens is 372 g/mol. The lowest BCUT2D eigenvalue weighted by Gasteiger charge is -2.30. The lowest BCUT2D eigenvalue weighted by Crippen LogP contribution is -2.37. The molecule has 0 spiro atoms. The molecule has 0 fully saturated rings. The Morgan fingerprint density at radius 2 is 2.00 bits per heavy atom. The number of rotatable bonds is 4. The van der Waals surface area contributed by atoms with Gasteiger partial charge in [-0.3, -0.25) is 20.9 Å². The predicted molar refractivity (Wildman–Crippen MR) is 108 cm³/mol. The van der Waals surface area contributed by atoms with Crippen molar-refractivity contribution in [2.24, 2.45) is 0 Å². The third kappa shape index (κ3) is 3.36. The van der Waals surface area contributed by atoms with Crippen molar-refractivity contribution >= 4 is 28.1 Å². The number of non-ortho nitro benzene ring substituents is 1. The Morgan fingerprint density at radius 1 is 1.24 bits per heavy atom. The summed E-state index contributed by atoms with van der Waals surface area (Å²) in [5, 5.41) is 33.9. The maximum atomic E-state index is 11.2. The van der Waals surface area contributed by atoms with E-state index in [1.807, 2.05) is 35.2 Å². The summed E-state index contributed by atoms with van der Waals surface area (Å²) in [5.74, 6) is 0.715. The first kappa shape index (κ1) is 18.8. The van der Waals surface area contributed by atoms with Gasteiger partial charge in [-0.1, -0.05) is 30.3 Å². The number of anilines is 1. The third-order valence-corrected chi connectivity index (χ3v) is 5.08. The maximum absolute atomic E-state index is 11.2. The monoisotopic (exact) mass is 392 g/mol. The second-order valence-electron chi connectivity index (χ2n) is 6.89. The van der Waals surface area contributed by atoms with Crippen molar-refractivity contribution in [3.05, 3.63) is 69.2 Å². The van der Waals surface area contributed by atoms with Gasteiger partial charge in [-0.25, -0.2) is 0 Å². The van der Waals surface area contributed by atoms with Crippen LogP contribution in [0.4, 0.5) is 11.5 Å². The van der Waals surface area contributed by atoms with Crippen LogP contribution in [-0.2, 0) is 17.7 Å². The number of nitrogens with one attached hydrogen (secondary N) is 2. The Hall–Kier alpha value is -3.59. The van der Waals surface area contributed by atoms with Crippen LogP contribution in [0.5, 0.6) is 0 Å². The average molecular weight is 392 g/mol. The van der Waals surface area contributed by atoms with Gasteiger partial charge >= 0.3 is 0 Å². The van der Waals surface area contributed by atoms with Gasteiger partial charge in [0.1, 0.15) is 6.61 Å². The first-order chi connectivity index (χ1) is 14.0. The lowest BCUT2D eigenvalue weighted by atomic mass is 9.98. The topological polar surface area (TPSA) is 121 Å². The number of methoxy groups -OCH3 is 1. The molecule has 3 aromatic rings. The Bertz CT molecular complexity index is 1190. The van der Waals surface area contributed by atoms with Crippen LogP contribution >= 0.6 is 0 Å². The van der Waals surface area contributed by atoms with Crippen molar-refractivity contribution in [1.82, 2.24) is 9.78 Å². The van der Waals surface area contributed by atoms with Gasteiger partial charge in [0, 0.05) is 43.1 Å². The Morgan fingerprint density at radius 3 is 2.72 bits per heavy atom. The summed E-state index contributed by atoms with van der Waals surface area (Å²) < 4.78 is 6.33. The van der Waals surface area contributed by atoms with E-state index in [1.54, 1.807) is 6.07 Å². The molecule has 29 heavy (non-hydrogen) atoms. The number of benzene rings is 2. The Labute approximate surface area is 166 Å². The van der Waals surface area contributed by atoms with Crippen molar-refractivity contribution in [3.8, 4) is 0 Å². The van der Waals surface area contributed by atoms with Crippen LogP contribution in [-0.4, -0.2) is 40.8 Å². The standard InChI is InChI=1S/C20H20N6O3/c1-29-12-18(21)25-19(22)16-4-2-3-5-17(16)20(23-25)24-9-8-13-6-7-15(26(27)28)10-14(13)11-24/h2-7,10,21-22H,8-9,11-12H2,1H3. The molecule has 2 aromatic carbocycles. The first-order valence-corrected chi connectivity index (χ1v) is 9.14. The zero-order valence-corrected chi connectivity index (χ0v) is 15.9. The number of fused-ring (bicyclic) bond motifs is 2. The third-order valence-electron chi connectivity index (χ3n) is 5.08. The van der Waals surface area contributed by atoms with Gasteiger partial charge in [-0.2, -0.15) is 4.68 Å². The molecule has 0 amide bonds. The highest BCUT2D eigenvalue weighted by molar-refractivity contribution is 5.93. The molecule has 0 aliphatic carbocycles. The van der Waals surface area contributed by atoms with Crippen molar-refractivity contribution in [3.63, 3.8) is 0 Å². The van der Waals surface area contributed by atoms with E-state index in [2.05, 4.69) is 5.10 Å². The van der Waals surface area contributed by atoms with Crippen molar-refractivity contribution in [2.75, 3.05) is 25.2 Å². The molecule has 148 valence electrons. The summed E-state index contributed by atoms with van der Waals surface area (Å²) in [4.78, 5) is 12.8. The largest absolute Gasteiger partial charge is 0.377 e. The smallest absolute Gasteiger partial charge is 0.269 e. The van der Waals surface area contributed by atoms with Crippen LogP contribution in [0.15, 0.2) is 42.5 Å². The van der Waals surface area contributed by atoms with E-state index in [9.17, 15) is 10.1 Å². The molecule has 0 saturated heterocycles. The van der Waals surface area contributed by atoms with Crippen molar-refractivity contribution in [1.29, 1.82) is 10.8 Å². The maximum Gasteiger partial charge on any atom is 0.269 e. The number of hydrogen-bond acceptors (Lipinski definition) is 7. The van der Waals surface area contributed by atoms with Crippen LogP contribution in [0, 0.1) is 20.9 Å². The molecule has 0 bridgehead atoms. The van der Waals surface area contributed by atoms with E-state index in [0.29, 0.717) is 24.3 Å². The Balaban J connectivity index is 1.83. The minimum atomic E-state index is -0.387. The summed E-state index contributed by atoms with van der Waals surface area (Å²) in [6, 6.07) is 12.5. The molecule has 0 saturated carbocycles. The second-order valence-corrected chi connectivity index (χ2v) is 6.89. The highest BCUT2D eigenvalue weighted by atomic mass is 16.6. The van der Waals surface area contributed by atoms with Crippen molar-refractivity contribution in [2.45, 2.75) is 13.0 Å².